The molecule has 0 radical (unpaired) electrons. The zero-order valence-electron chi connectivity index (χ0n) is 38.4. The molecule has 18 heteroatoms. The van der Waals surface area contributed by atoms with Crippen molar-refractivity contribution < 1.29 is 33.9 Å². The lowest BCUT2D eigenvalue weighted by atomic mass is 9.82. The third kappa shape index (κ3) is 9.99. The monoisotopic (exact) mass is 923 g/mol. The molecule has 18 nitrogen and oxygen atoms in total. The van der Waals surface area contributed by atoms with Gasteiger partial charge in [-0.15, -0.1) is 5.10 Å². The fourth-order valence-corrected chi connectivity index (χ4v) is 10.1. The van der Waals surface area contributed by atoms with Gasteiger partial charge in [0, 0.05) is 80.7 Å². The molecule has 2 aromatic carbocycles. The van der Waals surface area contributed by atoms with Crippen molar-refractivity contribution in [2.75, 3.05) is 65.0 Å². The summed E-state index contributed by atoms with van der Waals surface area (Å²) < 4.78 is 1.74. The van der Waals surface area contributed by atoms with E-state index in [9.17, 15) is 33.9 Å². The van der Waals surface area contributed by atoms with Crippen molar-refractivity contribution in [3.63, 3.8) is 0 Å². The van der Waals surface area contributed by atoms with Crippen molar-refractivity contribution in [2.24, 2.45) is 5.41 Å². The van der Waals surface area contributed by atoms with Crippen molar-refractivity contribution in [1.29, 1.82) is 0 Å². The summed E-state index contributed by atoms with van der Waals surface area (Å²) in [6.07, 6.45) is 7.36. The molecule has 7 heterocycles. The van der Waals surface area contributed by atoms with Crippen LogP contribution in [0, 0.1) is 12.3 Å². The first-order chi connectivity index (χ1) is 32.7. The zero-order chi connectivity index (χ0) is 47.6. The molecular formula is C50H57N11O7. The molecule has 4 fully saturated rings. The zero-order valence-corrected chi connectivity index (χ0v) is 38.4. The Labute approximate surface area is 393 Å². The number of carbonyl (C=O) groups excluding carboxylic acids is 5. The Bertz CT molecular complexity index is 2760. The predicted octanol–water partition coefficient (Wildman–Crippen LogP) is 5.79. The Hall–Kier alpha value is -7.37. The molecule has 4 saturated heterocycles. The Morgan fingerprint density at radius 3 is 2.28 bits per heavy atom. The number of carboxylic acids is 1. The molecule has 354 valence electrons. The Kier molecular flexibility index (Phi) is 12.8. The normalized spacial score (nSPS) is 21.4. The number of piperidine rings is 1. The maximum Gasteiger partial charge on any atom is 0.356 e. The van der Waals surface area contributed by atoms with Gasteiger partial charge in [0.1, 0.15) is 11.9 Å². The third-order valence-electron chi connectivity index (χ3n) is 14.0. The minimum Gasteiger partial charge on any atom is -0.476 e. The van der Waals surface area contributed by atoms with Crippen LogP contribution in [0.25, 0.3) is 5.65 Å². The average Bonchev–Trinajstić information content (AvgIpc) is 4.15. The van der Waals surface area contributed by atoms with Gasteiger partial charge in [-0.25, -0.2) is 19.3 Å². The predicted molar refractivity (Wildman–Crippen MR) is 256 cm³/mol. The highest BCUT2D eigenvalue weighted by Crippen LogP contribution is 2.42. The van der Waals surface area contributed by atoms with Gasteiger partial charge in [0.15, 0.2) is 11.3 Å². The first-order valence-electron chi connectivity index (χ1n) is 23.5. The number of hydrogen-bond acceptors (Lipinski definition) is 12. The minimum absolute atomic E-state index is 0.0417. The standard InChI is InChI=1S/C50H57N11O7/c1-32-27-36(58-24-21-49(2,29-58)33-9-5-3-6-10-33)28-61-45(32)56-44(57-61)47(66)60-26-23-50(31-60)22-25-59(30-50)39-19-17-37(43(54-39)48(67)68)53-41(63)12-8-4-7-11-40(62)52-35-15-13-34(14-16-35)51-38-18-20-42(64)55-46(38)65/h3,5-6,9-10,13-17,19,27-28,38,51H,4,7-8,11-12,18,20-26,29-31H2,1-2H3,(H,52,62)(H,53,63)(H,67,68)(H,55,64,65)/t38?,49-,50+/m0/s1. The van der Waals surface area contributed by atoms with Crippen molar-refractivity contribution in [1.82, 2.24) is 29.8 Å². The van der Waals surface area contributed by atoms with E-state index in [-0.39, 0.29) is 76.8 Å². The minimum atomic E-state index is -1.26. The number of likely N-dealkylation sites (tertiary alicyclic amines) is 1. The molecule has 9 rings (SSSR count). The number of carbonyl (C=O) groups is 6. The van der Waals surface area contributed by atoms with Gasteiger partial charge in [0.05, 0.1) is 17.6 Å². The van der Waals surface area contributed by atoms with Crippen LogP contribution in [0.4, 0.5) is 28.6 Å². The highest BCUT2D eigenvalue weighted by atomic mass is 16.4. The fourth-order valence-electron chi connectivity index (χ4n) is 10.1. The van der Waals surface area contributed by atoms with Crippen molar-refractivity contribution in [2.45, 2.75) is 89.5 Å². The summed E-state index contributed by atoms with van der Waals surface area (Å²) in [5, 5.41) is 25.8. The molecule has 0 saturated carbocycles. The van der Waals surface area contributed by atoms with Crippen molar-refractivity contribution in [3.05, 3.63) is 102 Å². The van der Waals surface area contributed by atoms with E-state index in [1.807, 2.05) is 29.0 Å². The van der Waals surface area contributed by atoms with Gasteiger partial charge in [-0.3, -0.25) is 29.3 Å². The number of nitrogens with one attached hydrogen (secondary N) is 4. The van der Waals surface area contributed by atoms with Gasteiger partial charge in [0.2, 0.25) is 29.5 Å². The number of aromatic carboxylic acids is 1. The number of hydrogen-bond donors (Lipinski definition) is 5. The summed E-state index contributed by atoms with van der Waals surface area (Å²) >= 11 is 0. The highest BCUT2D eigenvalue weighted by molar-refractivity contribution is 6.02. The summed E-state index contributed by atoms with van der Waals surface area (Å²) in [4.78, 5) is 90.6. The second kappa shape index (κ2) is 19.1. The van der Waals surface area contributed by atoms with Crippen LogP contribution in [0.1, 0.15) is 103 Å². The molecule has 4 aliphatic heterocycles. The Morgan fingerprint density at radius 2 is 1.53 bits per heavy atom. The first kappa shape index (κ1) is 45.8. The molecule has 0 bridgehead atoms. The molecule has 1 unspecified atom stereocenters. The number of pyridine rings is 2. The van der Waals surface area contributed by atoms with Gasteiger partial charge in [-0.1, -0.05) is 43.7 Å². The fraction of sp³-hybridized carbons (Fsp3) is 0.420. The lowest BCUT2D eigenvalue weighted by molar-refractivity contribution is -0.133. The molecule has 3 atom stereocenters. The van der Waals surface area contributed by atoms with Crippen LogP contribution in [-0.2, 0) is 24.6 Å². The van der Waals surface area contributed by atoms with Crippen LogP contribution in [0.3, 0.4) is 0 Å². The molecule has 0 aliphatic carbocycles. The number of rotatable bonds is 15. The maximum atomic E-state index is 13.9. The number of amides is 5. The summed E-state index contributed by atoms with van der Waals surface area (Å²) in [6, 6.07) is 22.5. The topological polar surface area (TPSA) is 224 Å². The van der Waals surface area contributed by atoms with Crippen molar-refractivity contribution in [3.8, 4) is 0 Å². The number of nitrogens with zero attached hydrogens (tertiary/aromatic N) is 7. The van der Waals surface area contributed by atoms with E-state index in [1.54, 1.807) is 40.9 Å². The van der Waals surface area contributed by atoms with Crippen LogP contribution in [0.2, 0.25) is 0 Å². The molecule has 4 aliphatic rings. The van der Waals surface area contributed by atoms with Gasteiger partial charge >= 0.3 is 5.97 Å². The number of aryl methyl sites for hydroxylation is 1. The number of carboxylic acid groups (broad SMARTS) is 1. The molecule has 1 spiro atoms. The number of imide groups is 1. The number of aromatic nitrogens is 4. The van der Waals surface area contributed by atoms with Crippen molar-refractivity contribution >= 4 is 69.7 Å². The number of fused-ring (bicyclic) bond motifs is 1. The second-order valence-electron chi connectivity index (χ2n) is 19.1. The molecular weight excluding hydrogens is 867 g/mol. The van der Waals surface area contributed by atoms with Crippen LogP contribution in [-0.4, -0.2) is 110 Å². The van der Waals surface area contributed by atoms with Gasteiger partial charge in [0.25, 0.3) is 5.91 Å². The lowest BCUT2D eigenvalue weighted by Crippen LogP contribution is -2.47. The van der Waals surface area contributed by atoms with E-state index < -0.39 is 12.0 Å². The molecule has 68 heavy (non-hydrogen) atoms. The SMILES string of the molecule is Cc1cc(N2CC[C@](C)(c3ccccc3)C2)cn2nc(C(=O)N3CC[C@@]4(CCN(c5ccc(NC(=O)CCCCCC(=O)Nc6ccc(NC7CCC(=O)NC7=O)cc6)c(C(=O)O)n5)C4)C3)nc12. The quantitative estimate of drug-likeness (QED) is 0.0621. The second-order valence-corrected chi connectivity index (χ2v) is 19.1. The van der Waals surface area contributed by atoms with E-state index in [1.165, 1.54) is 5.56 Å². The molecule has 5 amide bonds. The van der Waals surface area contributed by atoms with E-state index in [2.05, 4.69) is 73.5 Å². The molecule has 5 aromatic rings. The third-order valence-corrected chi connectivity index (χ3v) is 14.0. The Morgan fingerprint density at radius 1 is 0.809 bits per heavy atom. The average molecular weight is 924 g/mol. The van der Waals surface area contributed by atoms with Crippen LogP contribution < -0.4 is 31.1 Å². The van der Waals surface area contributed by atoms with Crippen LogP contribution in [0.15, 0.2) is 79.0 Å². The largest absolute Gasteiger partial charge is 0.476 e. The number of unbranched alkanes of at least 4 members (excludes halogenated alkanes) is 2. The molecule has 5 N–H and O–H groups in total. The van der Waals surface area contributed by atoms with Crippen LogP contribution >= 0.6 is 0 Å². The Balaban J connectivity index is 0.727. The lowest BCUT2D eigenvalue weighted by Gasteiger charge is -2.26. The van der Waals surface area contributed by atoms with E-state index in [0.717, 1.165) is 43.6 Å². The maximum absolute atomic E-state index is 13.9. The highest BCUT2D eigenvalue weighted by Gasteiger charge is 2.46. The molecule has 3 aromatic heterocycles. The smallest absolute Gasteiger partial charge is 0.356 e. The van der Waals surface area contributed by atoms with Gasteiger partial charge < -0.3 is 35.8 Å². The van der Waals surface area contributed by atoms with Gasteiger partial charge in [-0.05, 0) is 99.0 Å². The summed E-state index contributed by atoms with van der Waals surface area (Å²) in [5.41, 5.74) is 5.00. The first-order valence-corrected chi connectivity index (χ1v) is 23.5. The summed E-state index contributed by atoms with van der Waals surface area (Å²) in [6.45, 7) is 8.45. The number of benzene rings is 2. The van der Waals surface area contributed by atoms with E-state index >= 15 is 0 Å². The van der Waals surface area contributed by atoms with Crippen LogP contribution in [0.5, 0.6) is 0 Å². The summed E-state index contributed by atoms with van der Waals surface area (Å²) in [7, 11) is 0. The summed E-state index contributed by atoms with van der Waals surface area (Å²) in [5.74, 6) is -1.95. The van der Waals surface area contributed by atoms with E-state index in [0.29, 0.717) is 74.7 Å². The van der Waals surface area contributed by atoms with E-state index in [4.69, 9.17) is 4.98 Å². The van der Waals surface area contributed by atoms with Gasteiger partial charge in [-0.2, -0.15) is 0 Å². The number of anilines is 5.